The zero-order valence-electron chi connectivity index (χ0n) is 11.4. The largest absolute Gasteiger partial charge is 0.387 e. The SMILES string of the molecule is CCCCCN1C=CC2CCCCC2(O)[C@H]1C. The van der Waals surface area contributed by atoms with Crippen LogP contribution in [0, 0.1) is 5.92 Å². The van der Waals surface area contributed by atoms with E-state index in [1.54, 1.807) is 0 Å². The van der Waals surface area contributed by atoms with E-state index in [4.69, 9.17) is 0 Å². The summed E-state index contributed by atoms with van der Waals surface area (Å²) < 4.78 is 0. The number of rotatable bonds is 4. The van der Waals surface area contributed by atoms with Crippen molar-refractivity contribution >= 4 is 0 Å². The Balaban J connectivity index is 2.01. The molecule has 0 aromatic heterocycles. The first-order chi connectivity index (χ1) is 8.18. The van der Waals surface area contributed by atoms with Gasteiger partial charge < -0.3 is 10.0 Å². The fourth-order valence-corrected chi connectivity index (χ4v) is 3.43. The molecule has 0 aromatic rings. The van der Waals surface area contributed by atoms with E-state index >= 15 is 0 Å². The van der Waals surface area contributed by atoms with Crippen molar-refractivity contribution in [1.82, 2.24) is 4.90 Å². The molecule has 1 saturated carbocycles. The van der Waals surface area contributed by atoms with E-state index in [-0.39, 0.29) is 6.04 Å². The minimum atomic E-state index is -0.459. The average molecular weight is 237 g/mol. The lowest BCUT2D eigenvalue weighted by Gasteiger charge is -2.50. The van der Waals surface area contributed by atoms with E-state index in [1.165, 1.54) is 38.5 Å². The van der Waals surface area contributed by atoms with Crippen LogP contribution in [0.1, 0.15) is 58.8 Å². The zero-order chi connectivity index (χ0) is 12.3. The first kappa shape index (κ1) is 12.9. The van der Waals surface area contributed by atoms with Gasteiger partial charge in [-0.3, -0.25) is 0 Å². The van der Waals surface area contributed by atoms with Gasteiger partial charge in [0.1, 0.15) is 0 Å². The van der Waals surface area contributed by atoms with Crippen molar-refractivity contribution in [2.24, 2.45) is 5.92 Å². The molecule has 0 amide bonds. The Hall–Kier alpha value is -0.500. The second kappa shape index (κ2) is 5.43. The quantitative estimate of drug-likeness (QED) is 0.758. The predicted octanol–water partition coefficient (Wildman–Crippen LogP) is 3.32. The second-order valence-corrected chi connectivity index (χ2v) is 5.81. The molecule has 1 N–H and O–H groups in total. The summed E-state index contributed by atoms with van der Waals surface area (Å²) in [5, 5.41) is 10.9. The summed E-state index contributed by atoms with van der Waals surface area (Å²) in [7, 11) is 0. The molecule has 2 rings (SSSR count). The molecule has 0 radical (unpaired) electrons. The molecular weight excluding hydrogens is 210 g/mol. The highest BCUT2D eigenvalue weighted by Gasteiger charge is 2.45. The van der Waals surface area contributed by atoms with Gasteiger partial charge in [-0.1, -0.05) is 38.7 Å². The van der Waals surface area contributed by atoms with Crippen LogP contribution in [0.3, 0.4) is 0 Å². The Morgan fingerprint density at radius 2 is 2.18 bits per heavy atom. The summed E-state index contributed by atoms with van der Waals surface area (Å²) in [5.74, 6) is 0.397. The summed E-state index contributed by atoms with van der Waals surface area (Å²) in [6, 6.07) is 0.287. The van der Waals surface area contributed by atoms with Crippen LogP contribution in [-0.4, -0.2) is 28.2 Å². The highest BCUT2D eigenvalue weighted by atomic mass is 16.3. The van der Waals surface area contributed by atoms with Crippen molar-refractivity contribution in [3.05, 3.63) is 12.3 Å². The van der Waals surface area contributed by atoms with Gasteiger partial charge in [0.2, 0.25) is 0 Å². The molecule has 3 atom stereocenters. The van der Waals surface area contributed by atoms with E-state index in [2.05, 4.69) is 31.0 Å². The summed E-state index contributed by atoms with van der Waals surface area (Å²) in [6.07, 6.45) is 12.9. The van der Waals surface area contributed by atoms with Gasteiger partial charge in [0.25, 0.3) is 0 Å². The number of hydrogen-bond donors (Lipinski definition) is 1. The van der Waals surface area contributed by atoms with Gasteiger partial charge in [-0.05, 0) is 32.4 Å². The molecule has 1 aliphatic heterocycles. The maximum absolute atomic E-state index is 10.9. The first-order valence-corrected chi connectivity index (χ1v) is 7.35. The number of fused-ring (bicyclic) bond motifs is 1. The Labute approximate surface area is 106 Å². The summed E-state index contributed by atoms with van der Waals surface area (Å²) in [5.41, 5.74) is -0.459. The van der Waals surface area contributed by atoms with Crippen molar-refractivity contribution in [1.29, 1.82) is 0 Å². The smallest absolute Gasteiger partial charge is 0.0909 e. The van der Waals surface area contributed by atoms with Crippen molar-refractivity contribution in [2.45, 2.75) is 70.4 Å². The molecular formula is C15H27NO. The Morgan fingerprint density at radius 3 is 2.94 bits per heavy atom. The zero-order valence-corrected chi connectivity index (χ0v) is 11.4. The summed E-state index contributed by atoms with van der Waals surface area (Å²) in [6.45, 7) is 5.54. The molecule has 1 fully saturated rings. The van der Waals surface area contributed by atoms with Crippen LogP contribution in [0.4, 0.5) is 0 Å². The van der Waals surface area contributed by atoms with E-state index < -0.39 is 5.60 Å². The highest BCUT2D eigenvalue weighted by molar-refractivity contribution is 5.11. The molecule has 2 unspecified atom stereocenters. The van der Waals surface area contributed by atoms with Crippen LogP contribution < -0.4 is 0 Å². The Kier molecular flexibility index (Phi) is 4.13. The molecule has 1 aliphatic carbocycles. The lowest BCUT2D eigenvalue weighted by Crippen LogP contribution is -2.57. The molecule has 17 heavy (non-hydrogen) atoms. The standard InChI is InChI=1S/C15H27NO/c1-3-4-7-11-16-12-9-14-8-5-6-10-15(14,17)13(16)2/h9,12-14,17H,3-8,10-11H2,1-2H3/t13-,14?,15?/m1/s1. The molecule has 0 bridgehead atoms. The van der Waals surface area contributed by atoms with Crippen molar-refractivity contribution < 1.29 is 5.11 Å². The maximum atomic E-state index is 10.9. The molecule has 0 saturated heterocycles. The van der Waals surface area contributed by atoms with Crippen LogP contribution in [0.25, 0.3) is 0 Å². The number of nitrogens with zero attached hydrogens (tertiary/aromatic N) is 1. The van der Waals surface area contributed by atoms with Crippen molar-refractivity contribution in [2.75, 3.05) is 6.54 Å². The third kappa shape index (κ3) is 2.52. The number of hydrogen-bond acceptors (Lipinski definition) is 2. The monoisotopic (exact) mass is 237 g/mol. The third-order valence-electron chi connectivity index (χ3n) is 4.74. The van der Waals surface area contributed by atoms with Gasteiger partial charge in [0.15, 0.2) is 0 Å². The van der Waals surface area contributed by atoms with Crippen molar-refractivity contribution in [3.8, 4) is 0 Å². The summed E-state index contributed by atoms with van der Waals surface area (Å²) in [4.78, 5) is 2.36. The molecule has 2 aliphatic rings. The first-order valence-electron chi connectivity index (χ1n) is 7.35. The van der Waals surface area contributed by atoms with Gasteiger partial charge in [0.05, 0.1) is 11.6 Å². The minimum absolute atomic E-state index is 0.287. The highest BCUT2D eigenvalue weighted by Crippen LogP contribution is 2.41. The molecule has 2 heteroatoms. The molecule has 1 heterocycles. The third-order valence-corrected chi connectivity index (χ3v) is 4.74. The lowest BCUT2D eigenvalue weighted by molar-refractivity contribution is -0.0913. The van der Waals surface area contributed by atoms with Crippen LogP contribution in [-0.2, 0) is 0 Å². The van der Waals surface area contributed by atoms with Gasteiger partial charge in [0, 0.05) is 12.5 Å². The molecule has 2 nitrogen and oxygen atoms in total. The predicted molar refractivity (Wildman–Crippen MR) is 71.7 cm³/mol. The average Bonchev–Trinajstić information content (AvgIpc) is 2.33. The topological polar surface area (TPSA) is 23.5 Å². The van der Waals surface area contributed by atoms with Gasteiger partial charge >= 0.3 is 0 Å². The van der Waals surface area contributed by atoms with Gasteiger partial charge in [-0.25, -0.2) is 0 Å². The normalized spacial score (nSPS) is 37.0. The van der Waals surface area contributed by atoms with E-state index in [0.29, 0.717) is 5.92 Å². The van der Waals surface area contributed by atoms with Crippen LogP contribution in [0.15, 0.2) is 12.3 Å². The van der Waals surface area contributed by atoms with E-state index in [1.807, 2.05) is 0 Å². The van der Waals surface area contributed by atoms with Gasteiger partial charge in [-0.15, -0.1) is 0 Å². The van der Waals surface area contributed by atoms with E-state index in [0.717, 1.165) is 13.0 Å². The molecule has 98 valence electrons. The number of aliphatic hydroxyl groups is 1. The minimum Gasteiger partial charge on any atom is -0.387 e. The Bertz CT molecular complexity index is 276. The fraction of sp³-hybridized carbons (Fsp3) is 0.867. The Morgan fingerprint density at radius 1 is 1.35 bits per heavy atom. The van der Waals surface area contributed by atoms with Crippen LogP contribution in [0.2, 0.25) is 0 Å². The summed E-state index contributed by atoms with van der Waals surface area (Å²) >= 11 is 0. The molecule has 0 spiro atoms. The number of unbranched alkanes of at least 4 members (excludes halogenated alkanes) is 2. The second-order valence-electron chi connectivity index (χ2n) is 5.81. The van der Waals surface area contributed by atoms with Crippen molar-refractivity contribution in [3.63, 3.8) is 0 Å². The maximum Gasteiger partial charge on any atom is 0.0909 e. The van der Waals surface area contributed by atoms with Crippen LogP contribution in [0.5, 0.6) is 0 Å². The lowest BCUT2D eigenvalue weighted by atomic mass is 9.69. The van der Waals surface area contributed by atoms with Gasteiger partial charge in [-0.2, -0.15) is 0 Å². The van der Waals surface area contributed by atoms with Crippen LogP contribution >= 0.6 is 0 Å². The fourth-order valence-electron chi connectivity index (χ4n) is 3.43. The molecule has 0 aromatic carbocycles. The van der Waals surface area contributed by atoms with E-state index in [9.17, 15) is 5.11 Å².